The first-order valence-corrected chi connectivity index (χ1v) is 11.2. The van der Waals surface area contributed by atoms with Gasteiger partial charge in [-0.15, -0.1) is 0 Å². The highest BCUT2D eigenvalue weighted by Crippen LogP contribution is 2.26. The lowest BCUT2D eigenvalue weighted by Crippen LogP contribution is -2.34. The van der Waals surface area contributed by atoms with Crippen LogP contribution in [0.25, 0.3) is 0 Å². The van der Waals surface area contributed by atoms with Crippen molar-refractivity contribution < 1.29 is 19.1 Å². The Morgan fingerprint density at radius 2 is 1.56 bits per heavy atom. The van der Waals surface area contributed by atoms with E-state index in [1.165, 1.54) is 0 Å². The van der Waals surface area contributed by atoms with Gasteiger partial charge in [0.05, 0.1) is 5.56 Å². The van der Waals surface area contributed by atoms with Crippen molar-refractivity contribution in [3.8, 4) is 5.75 Å². The molecule has 1 heterocycles. The first-order valence-electron chi connectivity index (χ1n) is 10.8. The molecule has 0 saturated heterocycles. The average molecular weight is 475 g/mol. The summed E-state index contributed by atoms with van der Waals surface area (Å²) >= 11 is 6.18. The Bertz CT molecular complexity index is 1260. The van der Waals surface area contributed by atoms with Crippen LogP contribution in [0.15, 0.2) is 83.5 Å². The van der Waals surface area contributed by atoms with Crippen molar-refractivity contribution in [3.05, 3.63) is 106 Å². The summed E-state index contributed by atoms with van der Waals surface area (Å²) in [5.74, 6) is -1.02. The molecule has 3 aromatic carbocycles. The van der Waals surface area contributed by atoms with E-state index >= 15 is 0 Å². The molecule has 1 aliphatic rings. The minimum atomic E-state index is -0.529. The molecule has 2 amide bonds. The maximum absolute atomic E-state index is 12.8. The predicted molar refractivity (Wildman–Crippen MR) is 131 cm³/mol. The van der Waals surface area contributed by atoms with Crippen LogP contribution in [0.1, 0.15) is 27.0 Å². The van der Waals surface area contributed by atoms with Crippen LogP contribution >= 0.6 is 11.6 Å². The van der Waals surface area contributed by atoms with Crippen LogP contribution in [0.4, 0.5) is 5.69 Å². The lowest BCUT2D eigenvalue weighted by molar-refractivity contribution is -0.137. The second kappa shape index (κ2) is 9.93. The third-order valence-corrected chi connectivity index (χ3v) is 5.72. The van der Waals surface area contributed by atoms with E-state index < -0.39 is 17.8 Å². The maximum atomic E-state index is 12.8. The van der Waals surface area contributed by atoms with Crippen molar-refractivity contribution in [2.75, 3.05) is 11.9 Å². The van der Waals surface area contributed by atoms with Gasteiger partial charge in [-0.3, -0.25) is 14.5 Å². The molecule has 34 heavy (non-hydrogen) atoms. The molecule has 6 nitrogen and oxygen atoms in total. The Morgan fingerprint density at radius 1 is 0.912 bits per heavy atom. The molecule has 1 aliphatic heterocycles. The van der Waals surface area contributed by atoms with E-state index in [9.17, 15) is 14.4 Å². The van der Waals surface area contributed by atoms with Gasteiger partial charge in [-0.2, -0.15) is 0 Å². The number of benzene rings is 3. The van der Waals surface area contributed by atoms with Crippen LogP contribution < -0.4 is 10.1 Å². The third kappa shape index (κ3) is 5.18. The lowest BCUT2D eigenvalue weighted by atomic mass is 10.1. The number of hydrogen-bond acceptors (Lipinski definition) is 5. The number of carbonyl (C=O) groups is 3. The number of halogens is 1. The highest BCUT2D eigenvalue weighted by molar-refractivity contribution is 6.48. The molecule has 0 bridgehead atoms. The second-order valence-electron chi connectivity index (χ2n) is 8.10. The summed E-state index contributed by atoms with van der Waals surface area (Å²) in [6.07, 6.45) is 0.535. The maximum Gasteiger partial charge on any atom is 0.343 e. The second-order valence-corrected chi connectivity index (χ2v) is 8.48. The molecule has 1 N–H and O–H groups in total. The minimum Gasteiger partial charge on any atom is -0.423 e. The van der Waals surface area contributed by atoms with E-state index in [-0.39, 0.29) is 17.3 Å². The Labute approximate surface area is 202 Å². The zero-order valence-electron chi connectivity index (χ0n) is 18.8. The number of imide groups is 1. The van der Waals surface area contributed by atoms with Crippen molar-refractivity contribution >= 4 is 35.1 Å². The molecule has 0 aromatic heterocycles. The quantitative estimate of drug-likeness (QED) is 0.296. The van der Waals surface area contributed by atoms with Gasteiger partial charge in [-0.1, -0.05) is 48.0 Å². The normalized spacial score (nSPS) is 13.4. The van der Waals surface area contributed by atoms with Crippen LogP contribution in [-0.4, -0.2) is 29.2 Å². The number of nitrogens with zero attached hydrogens (tertiary/aromatic N) is 1. The van der Waals surface area contributed by atoms with Crippen LogP contribution in [0.3, 0.4) is 0 Å². The number of esters is 1. The molecule has 3 aromatic rings. The van der Waals surface area contributed by atoms with E-state index in [0.717, 1.165) is 21.6 Å². The fourth-order valence-corrected chi connectivity index (χ4v) is 3.97. The summed E-state index contributed by atoms with van der Waals surface area (Å²) in [5.41, 5.74) is 3.90. The van der Waals surface area contributed by atoms with E-state index in [2.05, 4.69) is 5.32 Å². The molecule has 0 atom stereocenters. The number of carbonyl (C=O) groups excluding carboxylic acids is 3. The number of aryl methyl sites for hydroxylation is 2. The van der Waals surface area contributed by atoms with E-state index in [4.69, 9.17) is 16.3 Å². The molecule has 0 aliphatic carbocycles. The largest absolute Gasteiger partial charge is 0.423 e. The number of hydrogen-bond donors (Lipinski definition) is 1. The standard InChI is InChI=1S/C27H23ClN2O4/c1-17-14-18(2)16-22(15-17)34-27(33)20-8-10-21(11-9-20)29-24-23(28)25(31)30(26(24)32)13-12-19-6-4-3-5-7-19/h3-11,14-16,29H,12-13H2,1-2H3. The number of nitrogens with one attached hydrogen (secondary N) is 1. The van der Waals surface area contributed by atoms with Crippen molar-refractivity contribution in [2.24, 2.45) is 0 Å². The third-order valence-electron chi connectivity index (χ3n) is 5.37. The molecule has 0 spiro atoms. The van der Waals surface area contributed by atoms with Crippen molar-refractivity contribution in [2.45, 2.75) is 20.3 Å². The van der Waals surface area contributed by atoms with Crippen LogP contribution in [0.2, 0.25) is 0 Å². The van der Waals surface area contributed by atoms with Gasteiger partial charge in [-0.05, 0) is 73.4 Å². The topological polar surface area (TPSA) is 75.7 Å². The lowest BCUT2D eigenvalue weighted by Gasteiger charge is -2.15. The number of rotatable bonds is 7. The highest BCUT2D eigenvalue weighted by Gasteiger charge is 2.37. The van der Waals surface area contributed by atoms with Crippen LogP contribution in [0.5, 0.6) is 5.75 Å². The van der Waals surface area contributed by atoms with Crippen molar-refractivity contribution in [1.29, 1.82) is 0 Å². The van der Waals surface area contributed by atoms with Gasteiger partial charge in [0, 0.05) is 12.2 Å². The fourth-order valence-electron chi connectivity index (χ4n) is 3.74. The SMILES string of the molecule is Cc1cc(C)cc(OC(=O)c2ccc(NC3=C(Cl)C(=O)N(CCc4ccccc4)C3=O)cc2)c1. The number of anilines is 1. The zero-order valence-corrected chi connectivity index (χ0v) is 19.6. The Hall–Kier alpha value is -3.90. The molecule has 0 unspecified atom stereocenters. The monoisotopic (exact) mass is 474 g/mol. The molecular weight excluding hydrogens is 452 g/mol. The first-order chi connectivity index (χ1) is 16.3. The fraction of sp³-hybridized carbons (Fsp3) is 0.148. The smallest absolute Gasteiger partial charge is 0.343 e. The van der Waals surface area contributed by atoms with Crippen molar-refractivity contribution in [3.63, 3.8) is 0 Å². The van der Waals surface area contributed by atoms with Crippen LogP contribution in [0, 0.1) is 13.8 Å². The van der Waals surface area contributed by atoms with Crippen LogP contribution in [-0.2, 0) is 16.0 Å². The van der Waals surface area contributed by atoms with Gasteiger partial charge in [-0.25, -0.2) is 4.79 Å². The first kappa shape index (κ1) is 23.3. The molecule has 172 valence electrons. The molecule has 7 heteroatoms. The summed E-state index contributed by atoms with van der Waals surface area (Å²) in [4.78, 5) is 39.0. The average Bonchev–Trinajstić information content (AvgIpc) is 3.01. The number of ether oxygens (including phenoxy) is 1. The van der Waals surface area contributed by atoms with E-state index in [0.29, 0.717) is 23.4 Å². The zero-order chi connectivity index (χ0) is 24.2. The Morgan fingerprint density at radius 3 is 2.21 bits per heavy atom. The molecule has 0 fully saturated rings. The Balaban J connectivity index is 1.40. The van der Waals surface area contributed by atoms with Gasteiger partial charge >= 0.3 is 5.97 Å². The minimum absolute atomic E-state index is 0.0188. The van der Waals surface area contributed by atoms with Gasteiger partial charge in [0.2, 0.25) is 0 Å². The summed E-state index contributed by atoms with van der Waals surface area (Å²) in [6.45, 7) is 4.09. The molecule has 4 rings (SSSR count). The van der Waals surface area contributed by atoms with Gasteiger partial charge in [0.1, 0.15) is 16.5 Å². The predicted octanol–water partition coefficient (Wildman–Crippen LogP) is 5.00. The highest BCUT2D eigenvalue weighted by atomic mass is 35.5. The molecule has 0 saturated carbocycles. The van der Waals surface area contributed by atoms with E-state index in [1.807, 2.05) is 50.2 Å². The summed E-state index contributed by atoms with van der Waals surface area (Å²) in [7, 11) is 0. The Kier molecular flexibility index (Phi) is 6.80. The van der Waals surface area contributed by atoms with Crippen molar-refractivity contribution in [1.82, 2.24) is 4.90 Å². The molecule has 0 radical (unpaired) electrons. The summed E-state index contributed by atoms with van der Waals surface area (Å²) < 4.78 is 5.47. The van der Waals surface area contributed by atoms with Gasteiger partial charge in [0.15, 0.2) is 0 Å². The van der Waals surface area contributed by atoms with E-state index in [1.54, 1.807) is 36.4 Å². The molecular formula is C27H23ClN2O4. The van der Waals surface area contributed by atoms with Gasteiger partial charge in [0.25, 0.3) is 11.8 Å². The summed E-state index contributed by atoms with van der Waals surface area (Å²) in [5, 5.41) is 2.76. The summed E-state index contributed by atoms with van der Waals surface area (Å²) in [6, 6.07) is 21.6. The van der Waals surface area contributed by atoms with Gasteiger partial charge < -0.3 is 10.1 Å². The number of amides is 2.